The van der Waals surface area contributed by atoms with E-state index in [4.69, 9.17) is 14.1 Å². The van der Waals surface area contributed by atoms with Gasteiger partial charge in [0.25, 0.3) is 0 Å². The second kappa shape index (κ2) is 8.75. The molecule has 1 aliphatic rings. The Morgan fingerprint density at radius 1 is 1.03 bits per heavy atom. The van der Waals surface area contributed by atoms with Crippen LogP contribution in [0.25, 0.3) is 28.1 Å². The fourth-order valence-electron chi connectivity index (χ4n) is 4.56. The maximum absolute atomic E-state index is 12.8. The second-order valence-electron chi connectivity index (χ2n) is 8.62. The Balaban J connectivity index is 1.30. The first-order chi connectivity index (χ1) is 17.2. The molecule has 1 amide bonds. The minimum atomic E-state index is -0.307. The van der Waals surface area contributed by atoms with Crippen molar-refractivity contribution in [2.45, 2.75) is 19.6 Å². The molecule has 0 spiro atoms. The van der Waals surface area contributed by atoms with Gasteiger partial charge in [-0.2, -0.15) is 0 Å². The van der Waals surface area contributed by atoms with Crippen molar-refractivity contribution in [3.8, 4) is 11.6 Å². The molecule has 1 atom stereocenters. The Morgan fingerprint density at radius 3 is 2.66 bits per heavy atom. The highest BCUT2D eigenvalue weighted by molar-refractivity contribution is 5.93. The monoisotopic (exact) mass is 468 g/mol. The van der Waals surface area contributed by atoms with E-state index < -0.39 is 0 Å². The Kier molecular flexibility index (Phi) is 5.29. The van der Waals surface area contributed by atoms with Crippen molar-refractivity contribution in [1.82, 2.24) is 24.5 Å². The molecule has 9 heteroatoms. The molecule has 1 fully saturated rings. The van der Waals surface area contributed by atoms with Gasteiger partial charge in [0.05, 0.1) is 11.8 Å². The molecule has 0 radical (unpaired) electrons. The molecule has 5 aromatic rings. The van der Waals surface area contributed by atoms with Crippen LogP contribution in [0.1, 0.15) is 12.5 Å². The molecule has 3 aromatic heterocycles. The number of anilines is 1. The Labute approximate surface area is 201 Å². The summed E-state index contributed by atoms with van der Waals surface area (Å²) in [7, 11) is 0. The van der Waals surface area contributed by atoms with Gasteiger partial charge in [-0.05, 0) is 36.8 Å². The summed E-state index contributed by atoms with van der Waals surface area (Å²) in [5.41, 5.74) is 2.52. The molecule has 1 aliphatic heterocycles. The number of amides is 1. The number of nitrogens with zero attached hydrogens (tertiary/aromatic N) is 6. The first kappa shape index (κ1) is 21.2. The van der Waals surface area contributed by atoms with Crippen molar-refractivity contribution in [2.24, 2.45) is 0 Å². The Bertz CT molecular complexity index is 1480. The number of hydrogen-bond acceptors (Lipinski definition) is 7. The first-order valence-corrected chi connectivity index (χ1v) is 11.6. The number of rotatable bonds is 4. The summed E-state index contributed by atoms with van der Waals surface area (Å²) >= 11 is 0. The molecule has 4 heterocycles. The number of carbonyl (C=O) groups excluding carboxylic acids is 1. The summed E-state index contributed by atoms with van der Waals surface area (Å²) in [5.74, 6) is 1.93. The lowest BCUT2D eigenvalue weighted by atomic mass is 10.2. The van der Waals surface area contributed by atoms with Crippen LogP contribution in [-0.2, 0) is 11.3 Å². The van der Waals surface area contributed by atoms with E-state index >= 15 is 0 Å². The first-order valence-electron chi connectivity index (χ1n) is 11.6. The summed E-state index contributed by atoms with van der Waals surface area (Å²) in [6.07, 6.45) is 1.31. The minimum Gasteiger partial charge on any atom is -0.461 e. The van der Waals surface area contributed by atoms with Gasteiger partial charge in [-0.1, -0.05) is 42.5 Å². The molecular formula is C26H24N6O3. The Hall–Kier alpha value is -4.40. The molecule has 0 aliphatic carbocycles. The molecule has 176 valence electrons. The number of furan rings is 1. The zero-order chi connectivity index (χ0) is 23.8. The average molecular weight is 469 g/mol. The summed E-state index contributed by atoms with van der Waals surface area (Å²) in [5, 5.41) is 9.82. The zero-order valence-corrected chi connectivity index (χ0v) is 19.2. The second-order valence-corrected chi connectivity index (χ2v) is 8.62. The van der Waals surface area contributed by atoms with Crippen molar-refractivity contribution in [2.75, 3.05) is 24.5 Å². The number of aromatic nitrogens is 4. The van der Waals surface area contributed by atoms with Crippen LogP contribution >= 0.6 is 0 Å². The van der Waals surface area contributed by atoms with Crippen molar-refractivity contribution >= 4 is 28.6 Å². The van der Waals surface area contributed by atoms with Gasteiger partial charge in [0.2, 0.25) is 11.8 Å². The van der Waals surface area contributed by atoms with E-state index in [2.05, 4.69) is 15.1 Å². The van der Waals surface area contributed by atoms with E-state index in [9.17, 15) is 4.79 Å². The highest BCUT2D eigenvalue weighted by Gasteiger charge is 2.31. The van der Waals surface area contributed by atoms with Crippen molar-refractivity contribution < 1.29 is 13.9 Å². The van der Waals surface area contributed by atoms with Gasteiger partial charge >= 0.3 is 6.09 Å². The molecule has 9 nitrogen and oxygen atoms in total. The van der Waals surface area contributed by atoms with Crippen LogP contribution in [0.15, 0.2) is 77.4 Å². The topological polar surface area (TPSA) is 89.0 Å². The average Bonchev–Trinajstić information content (AvgIpc) is 3.58. The lowest BCUT2D eigenvalue weighted by Gasteiger charge is -2.39. The van der Waals surface area contributed by atoms with Crippen LogP contribution in [0, 0.1) is 0 Å². The molecule has 6 rings (SSSR count). The summed E-state index contributed by atoms with van der Waals surface area (Å²) in [6.45, 7) is 3.99. The molecule has 0 saturated carbocycles. The predicted octanol–water partition coefficient (Wildman–Crippen LogP) is 4.38. The van der Waals surface area contributed by atoms with Crippen LogP contribution in [0.3, 0.4) is 0 Å². The number of piperazine rings is 1. The maximum atomic E-state index is 12.8. The standard InChI is InChI=1S/C26H24N6O3/c1-18-16-30(13-14-31(18)26(33)35-17-19-8-3-2-4-9-19)25-27-21-11-6-5-10-20(21)23-28-29-24(32(23)25)22-12-7-15-34-22/h2-12,15,18H,13-14,16-17H2,1H3/t18-/m1/s1. The highest BCUT2D eigenvalue weighted by Crippen LogP contribution is 2.29. The number of carbonyl (C=O) groups is 1. The number of hydrogen-bond donors (Lipinski definition) is 0. The fourth-order valence-corrected chi connectivity index (χ4v) is 4.56. The molecule has 1 saturated heterocycles. The number of benzene rings is 2. The van der Waals surface area contributed by atoms with Gasteiger partial charge < -0.3 is 19.0 Å². The van der Waals surface area contributed by atoms with Crippen LogP contribution in [0.4, 0.5) is 10.7 Å². The van der Waals surface area contributed by atoms with Crippen molar-refractivity contribution in [1.29, 1.82) is 0 Å². The third-order valence-corrected chi connectivity index (χ3v) is 6.32. The van der Waals surface area contributed by atoms with E-state index in [0.717, 1.165) is 22.4 Å². The highest BCUT2D eigenvalue weighted by atomic mass is 16.6. The fraction of sp³-hybridized carbons (Fsp3) is 0.231. The summed E-state index contributed by atoms with van der Waals surface area (Å²) in [4.78, 5) is 21.7. The smallest absolute Gasteiger partial charge is 0.410 e. The van der Waals surface area contributed by atoms with Gasteiger partial charge in [0.1, 0.15) is 6.61 Å². The van der Waals surface area contributed by atoms with Crippen molar-refractivity contribution in [3.63, 3.8) is 0 Å². The lowest BCUT2D eigenvalue weighted by Crippen LogP contribution is -2.54. The van der Waals surface area contributed by atoms with Gasteiger partial charge in [0.15, 0.2) is 11.4 Å². The third kappa shape index (κ3) is 3.84. The van der Waals surface area contributed by atoms with Crippen LogP contribution in [-0.4, -0.2) is 56.3 Å². The lowest BCUT2D eigenvalue weighted by molar-refractivity contribution is 0.0793. The van der Waals surface area contributed by atoms with Crippen LogP contribution < -0.4 is 4.90 Å². The van der Waals surface area contributed by atoms with Gasteiger partial charge in [-0.15, -0.1) is 10.2 Å². The molecule has 0 unspecified atom stereocenters. The number of para-hydroxylation sites is 1. The summed E-state index contributed by atoms with van der Waals surface area (Å²) in [6, 6.07) is 21.2. The largest absolute Gasteiger partial charge is 0.461 e. The van der Waals surface area contributed by atoms with E-state index in [1.807, 2.05) is 78.1 Å². The van der Waals surface area contributed by atoms with Crippen LogP contribution in [0.5, 0.6) is 0 Å². The number of ether oxygens (including phenoxy) is 1. The summed E-state index contributed by atoms with van der Waals surface area (Å²) < 4.78 is 13.2. The minimum absolute atomic E-state index is 0.0705. The third-order valence-electron chi connectivity index (χ3n) is 6.32. The normalized spacial score (nSPS) is 16.2. The maximum Gasteiger partial charge on any atom is 0.410 e. The number of fused-ring (bicyclic) bond motifs is 3. The predicted molar refractivity (Wildman–Crippen MR) is 131 cm³/mol. The molecule has 2 aromatic carbocycles. The SMILES string of the molecule is C[C@@H]1CN(c2nc3ccccc3c3nnc(-c4ccco4)n23)CCN1C(=O)OCc1ccccc1. The van der Waals surface area contributed by atoms with Crippen molar-refractivity contribution in [3.05, 3.63) is 78.6 Å². The van der Waals surface area contributed by atoms with Gasteiger partial charge in [-0.3, -0.25) is 0 Å². The zero-order valence-electron chi connectivity index (χ0n) is 19.2. The Morgan fingerprint density at radius 2 is 1.86 bits per heavy atom. The van der Waals surface area contributed by atoms with Gasteiger partial charge in [0, 0.05) is 31.1 Å². The van der Waals surface area contributed by atoms with E-state index in [1.165, 1.54) is 0 Å². The van der Waals surface area contributed by atoms with E-state index in [-0.39, 0.29) is 18.7 Å². The molecule has 0 N–H and O–H groups in total. The molecule has 0 bridgehead atoms. The molecule has 35 heavy (non-hydrogen) atoms. The van der Waals surface area contributed by atoms with E-state index in [0.29, 0.717) is 36.9 Å². The van der Waals surface area contributed by atoms with Crippen LogP contribution in [0.2, 0.25) is 0 Å². The quantitative estimate of drug-likeness (QED) is 0.387. The molecular weight excluding hydrogens is 444 g/mol. The van der Waals surface area contributed by atoms with Gasteiger partial charge in [-0.25, -0.2) is 14.2 Å². The van der Waals surface area contributed by atoms with E-state index in [1.54, 1.807) is 11.2 Å².